The van der Waals surface area contributed by atoms with E-state index in [0.717, 1.165) is 17.5 Å². The van der Waals surface area contributed by atoms with Gasteiger partial charge in [0.2, 0.25) is 0 Å². The molecule has 4 nitrogen and oxygen atoms in total. The lowest BCUT2D eigenvalue weighted by Crippen LogP contribution is -2.00. The first kappa shape index (κ1) is 7.91. The number of hydrogen-bond acceptors (Lipinski definition) is 4. The summed E-state index contributed by atoms with van der Waals surface area (Å²) in [6.07, 6.45) is 2.83. The third-order valence-electron chi connectivity index (χ3n) is 1.87. The Balaban J connectivity index is 3.00. The van der Waals surface area contributed by atoms with Crippen LogP contribution in [0.1, 0.15) is 11.3 Å². The van der Waals surface area contributed by atoms with Crippen LogP contribution >= 0.6 is 0 Å². The van der Waals surface area contributed by atoms with Crippen molar-refractivity contribution in [1.82, 2.24) is 9.97 Å². The van der Waals surface area contributed by atoms with Gasteiger partial charge >= 0.3 is 5.63 Å². The minimum absolute atomic E-state index is 0.429. The van der Waals surface area contributed by atoms with Crippen LogP contribution in [0, 0.1) is 13.8 Å². The quantitative estimate of drug-likeness (QED) is 0.605. The molecule has 0 aromatic carbocycles. The van der Waals surface area contributed by atoms with Crippen molar-refractivity contribution in [2.75, 3.05) is 0 Å². The maximum atomic E-state index is 10.9. The minimum Gasteiger partial charge on any atom is -0.420 e. The second kappa shape index (κ2) is 2.65. The Morgan fingerprint density at radius 3 is 2.77 bits per heavy atom. The molecule has 0 N–H and O–H groups in total. The summed E-state index contributed by atoms with van der Waals surface area (Å²) in [6, 6.07) is 0. The maximum absolute atomic E-state index is 10.9. The van der Waals surface area contributed by atoms with Gasteiger partial charge in [-0.25, -0.2) is 9.78 Å². The molecular weight excluding hydrogens is 168 g/mol. The second-order valence-corrected chi connectivity index (χ2v) is 2.88. The zero-order valence-electron chi connectivity index (χ0n) is 7.37. The molecule has 2 aromatic rings. The highest BCUT2D eigenvalue weighted by molar-refractivity contribution is 5.76. The first-order valence-electron chi connectivity index (χ1n) is 3.90. The largest absolute Gasteiger partial charge is 0.420 e. The minimum atomic E-state index is -0.429. The third-order valence-corrected chi connectivity index (χ3v) is 1.87. The normalized spacial score (nSPS) is 10.6. The van der Waals surface area contributed by atoms with Gasteiger partial charge in [-0.05, 0) is 13.8 Å². The van der Waals surface area contributed by atoms with E-state index in [4.69, 9.17) is 4.42 Å². The first-order valence-corrected chi connectivity index (χ1v) is 3.90. The second-order valence-electron chi connectivity index (χ2n) is 2.88. The van der Waals surface area contributed by atoms with E-state index in [1.807, 2.05) is 13.8 Å². The van der Waals surface area contributed by atoms with Crippen LogP contribution < -0.4 is 5.63 Å². The fourth-order valence-electron chi connectivity index (χ4n) is 1.19. The molecule has 2 rings (SSSR count). The molecule has 0 saturated carbocycles. The van der Waals surface area contributed by atoms with Gasteiger partial charge in [0.05, 0.1) is 5.69 Å². The molecule has 0 saturated heterocycles. The molecule has 0 aliphatic rings. The van der Waals surface area contributed by atoms with Gasteiger partial charge in [0.1, 0.15) is 11.7 Å². The van der Waals surface area contributed by atoms with Gasteiger partial charge in [-0.2, -0.15) is 0 Å². The lowest BCUT2D eigenvalue weighted by atomic mass is 10.2. The molecule has 66 valence electrons. The van der Waals surface area contributed by atoms with Gasteiger partial charge < -0.3 is 4.42 Å². The summed E-state index contributed by atoms with van der Waals surface area (Å²) in [6.45, 7) is 3.66. The zero-order valence-corrected chi connectivity index (χ0v) is 7.37. The van der Waals surface area contributed by atoms with E-state index in [2.05, 4.69) is 9.97 Å². The number of fused-ring (bicyclic) bond motifs is 1. The van der Waals surface area contributed by atoms with E-state index < -0.39 is 5.63 Å². The van der Waals surface area contributed by atoms with E-state index in [9.17, 15) is 4.79 Å². The van der Waals surface area contributed by atoms with E-state index in [0.29, 0.717) is 11.1 Å². The van der Waals surface area contributed by atoms with Crippen molar-refractivity contribution in [2.45, 2.75) is 13.8 Å². The third kappa shape index (κ3) is 1.20. The molecule has 0 bridgehead atoms. The van der Waals surface area contributed by atoms with Crippen molar-refractivity contribution < 1.29 is 4.42 Å². The molecule has 4 heteroatoms. The Morgan fingerprint density at radius 1 is 1.23 bits per heavy atom. The van der Waals surface area contributed by atoms with Crippen LogP contribution in [0.4, 0.5) is 0 Å². The monoisotopic (exact) mass is 176 g/mol. The number of aromatic nitrogens is 2. The van der Waals surface area contributed by atoms with Gasteiger partial charge in [-0.3, -0.25) is 4.98 Å². The number of aryl methyl sites for hydroxylation is 2. The Morgan fingerprint density at radius 2 is 2.00 bits per heavy atom. The summed E-state index contributed by atoms with van der Waals surface area (Å²) < 4.78 is 5.02. The average molecular weight is 176 g/mol. The molecule has 0 atom stereocenters. The summed E-state index contributed by atoms with van der Waals surface area (Å²) in [5.74, 6) is 0. The van der Waals surface area contributed by atoms with Crippen molar-refractivity contribution in [3.8, 4) is 0 Å². The summed E-state index contributed by atoms with van der Waals surface area (Å²) in [5, 5.41) is 0. The van der Waals surface area contributed by atoms with Crippen LogP contribution in [-0.2, 0) is 0 Å². The van der Waals surface area contributed by atoms with Crippen molar-refractivity contribution in [1.29, 1.82) is 0 Å². The predicted octanol–water partition coefficient (Wildman–Crippen LogP) is 1.20. The Labute approximate surface area is 74.2 Å². The van der Waals surface area contributed by atoms with Crippen LogP contribution in [0.15, 0.2) is 21.6 Å². The summed E-state index contributed by atoms with van der Waals surface area (Å²) in [5.41, 5.74) is 2.34. The van der Waals surface area contributed by atoms with Crippen molar-refractivity contribution in [2.24, 2.45) is 0 Å². The number of hydrogen-bond donors (Lipinski definition) is 0. The highest BCUT2D eigenvalue weighted by Gasteiger charge is 2.05. The van der Waals surface area contributed by atoms with Crippen molar-refractivity contribution in [3.63, 3.8) is 0 Å². The molecule has 0 amide bonds. The van der Waals surface area contributed by atoms with Crippen LogP contribution in [0.3, 0.4) is 0 Å². The van der Waals surface area contributed by atoms with E-state index in [1.165, 1.54) is 0 Å². The average Bonchev–Trinajstić information content (AvgIpc) is 2.12. The molecule has 0 aliphatic carbocycles. The Bertz CT molecular complexity index is 516. The van der Waals surface area contributed by atoms with Crippen LogP contribution in [0.5, 0.6) is 0 Å². The fraction of sp³-hybridized carbons (Fsp3) is 0.222. The topological polar surface area (TPSA) is 56.0 Å². The lowest BCUT2D eigenvalue weighted by molar-refractivity contribution is 0.551. The maximum Gasteiger partial charge on any atom is 0.354 e. The first-order chi connectivity index (χ1) is 6.18. The SMILES string of the molecule is Cc1ncc(C)c2oc(=O)cnc12. The van der Waals surface area contributed by atoms with Gasteiger partial charge in [0.15, 0.2) is 5.58 Å². The van der Waals surface area contributed by atoms with Gasteiger partial charge in [-0.15, -0.1) is 0 Å². The molecule has 0 spiro atoms. The van der Waals surface area contributed by atoms with E-state index in [-0.39, 0.29) is 0 Å². The number of rotatable bonds is 0. The van der Waals surface area contributed by atoms with Gasteiger partial charge in [-0.1, -0.05) is 0 Å². The zero-order chi connectivity index (χ0) is 9.42. The molecule has 0 aliphatic heterocycles. The summed E-state index contributed by atoms with van der Waals surface area (Å²) >= 11 is 0. The molecule has 13 heavy (non-hydrogen) atoms. The number of nitrogens with zero attached hydrogens (tertiary/aromatic N) is 2. The molecule has 0 radical (unpaired) electrons. The van der Waals surface area contributed by atoms with Gasteiger partial charge in [0.25, 0.3) is 0 Å². The van der Waals surface area contributed by atoms with Crippen LogP contribution in [0.25, 0.3) is 11.1 Å². The van der Waals surface area contributed by atoms with Crippen LogP contribution in [-0.4, -0.2) is 9.97 Å². The summed E-state index contributed by atoms with van der Waals surface area (Å²) in [7, 11) is 0. The molecule has 2 heterocycles. The molecule has 0 unspecified atom stereocenters. The molecular formula is C9H8N2O2. The standard InChI is InChI=1S/C9H8N2O2/c1-5-3-10-6(2)8-9(5)13-7(12)4-11-8/h3-4H,1-2H3. The lowest BCUT2D eigenvalue weighted by Gasteiger charge is -2.00. The van der Waals surface area contributed by atoms with Gasteiger partial charge in [0, 0.05) is 11.8 Å². The van der Waals surface area contributed by atoms with Crippen LogP contribution in [0.2, 0.25) is 0 Å². The summed E-state index contributed by atoms with van der Waals surface area (Å²) in [4.78, 5) is 19.0. The van der Waals surface area contributed by atoms with Crippen molar-refractivity contribution in [3.05, 3.63) is 34.1 Å². The predicted molar refractivity (Wildman–Crippen MR) is 47.5 cm³/mol. The molecule has 2 aromatic heterocycles. The smallest absolute Gasteiger partial charge is 0.354 e. The number of pyridine rings is 1. The van der Waals surface area contributed by atoms with Crippen molar-refractivity contribution >= 4 is 11.1 Å². The highest BCUT2D eigenvalue weighted by atomic mass is 16.4. The Kier molecular flexibility index (Phi) is 1.62. The Hall–Kier alpha value is -1.71. The van der Waals surface area contributed by atoms with E-state index in [1.54, 1.807) is 6.20 Å². The fourth-order valence-corrected chi connectivity index (χ4v) is 1.19. The molecule has 0 fully saturated rings. The van der Waals surface area contributed by atoms with E-state index >= 15 is 0 Å². The highest BCUT2D eigenvalue weighted by Crippen LogP contribution is 2.15.